The minimum absolute atomic E-state index is 0.105. The fourth-order valence-corrected chi connectivity index (χ4v) is 5.30. The molecule has 0 aromatic heterocycles. The Balaban J connectivity index is 1.66. The average molecular weight is 528 g/mol. The third-order valence-corrected chi connectivity index (χ3v) is 7.99. The van der Waals surface area contributed by atoms with Crippen LogP contribution in [-0.2, 0) is 21.9 Å². The summed E-state index contributed by atoms with van der Waals surface area (Å²) in [6, 6.07) is 12.5. The molecule has 1 atom stereocenters. The molecule has 4 nitrogen and oxygen atoms in total. The number of hydrogen-bond acceptors (Lipinski definition) is 3. The second-order valence-electron chi connectivity index (χ2n) is 8.37. The number of nitrogens with zero attached hydrogens (tertiary/aromatic N) is 1. The van der Waals surface area contributed by atoms with Gasteiger partial charge in [0, 0.05) is 23.4 Å². The van der Waals surface area contributed by atoms with Crippen LogP contribution in [0.3, 0.4) is 0 Å². The Morgan fingerprint density at radius 1 is 1.03 bits per heavy atom. The maximum Gasteiger partial charge on any atom is 0.242 e. The van der Waals surface area contributed by atoms with E-state index in [9.17, 15) is 9.59 Å². The largest absolute Gasteiger partial charge is 0.352 e. The van der Waals surface area contributed by atoms with E-state index < -0.39 is 6.04 Å². The molecule has 0 saturated heterocycles. The zero-order valence-corrected chi connectivity index (χ0v) is 21.7. The number of rotatable bonds is 9. The van der Waals surface area contributed by atoms with Crippen LogP contribution in [0.1, 0.15) is 50.2 Å². The number of carbonyl (C=O) groups is 2. The van der Waals surface area contributed by atoms with Crippen molar-refractivity contribution in [3.63, 3.8) is 0 Å². The summed E-state index contributed by atoms with van der Waals surface area (Å²) in [4.78, 5) is 27.9. The molecule has 2 aromatic carbocycles. The molecular weight excluding hydrogens is 499 g/mol. The predicted molar refractivity (Wildman–Crippen MR) is 139 cm³/mol. The summed E-state index contributed by atoms with van der Waals surface area (Å²) >= 11 is 19.9. The highest BCUT2D eigenvalue weighted by molar-refractivity contribution is 7.99. The summed E-state index contributed by atoms with van der Waals surface area (Å²) in [5.41, 5.74) is 1.81. The summed E-state index contributed by atoms with van der Waals surface area (Å²) in [6.07, 6.45) is 5.47. The van der Waals surface area contributed by atoms with Crippen LogP contribution in [0.25, 0.3) is 0 Å². The molecule has 8 heteroatoms. The SMILES string of the molecule is C[C@@H](C(=O)NC1CCCCC1)N(Cc1ccccc1Cl)C(=O)CSCc1ccc(Cl)c(Cl)c1. The van der Waals surface area contributed by atoms with Gasteiger partial charge in [0.05, 0.1) is 15.8 Å². The van der Waals surface area contributed by atoms with Gasteiger partial charge in [0.15, 0.2) is 0 Å². The lowest BCUT2D eigenvalue weighted by atomic mass is 9.95. The second kappa shape index (κ2) is 12.9. The minimum atomic E-state index is -0.596. The topological polar surface area (TPSA) is 49.4 Å². The van der Waals surface area contributed by atoms with Crippen molar-refractivity contribution in [1.29, 1.82) is 0 Å². The molecule has 33 heavy (non-hydrogen) atoms. The summed E-state index contributed by atoms with van der Waals surface area (Å²) in [7, 11) is 0. The lowest BCUT2D eigenvalue weighted by Gasteiger charge is -2.31. The molecule has 3 rings (SSSR count). The van der Waals surface area contributed by atoms with Crippen LogP contribution >= 0.6 is 46.6 Å². The highest BCUT2D eigenvalue weighted by atomic mass is 35.5. The van der Waals surface area contributed by atoms with Crippen LogP contribution in [0.5, 0.6) is 0 Å². The molecular formula is C25H29Cl3N2O2S. The monoisotopic (exact) mass is 526 g/mol. The van der Waals surface area contributed by atoms with Gasteiger partial charge in [0.1, 0.15) is 6.04 Å². The Hall–Kier alpha value is -1.40. The van der Waals surface area contributed by atoms with Crippen molar-refractivity contribution in [3.05, 3.63) is 68.7 Å². The fourth-order valence-electron chi connectivity index (χ4n) is 3.93. The molecule has 2 aromatic rings. The van der Waals surface area contributed by atoms with Gasteiger partial charge in [0.2, 0.25) is 11.8 Å². The fraction of sp³-hybridized carbons (Fsp3) is 0.440. The van der Waals surface area contributed by atoms with Gasteiger partial charge in [-0.3, -0.25) is 9.59 Å². The number of thioether (sulfide) groups is 1. The van der Waals surface area contributed by atoms with E-state index in [2.05, 4.69) is 5.32 Å². The Kier molecular flexibility index (Phi) is 10.2. The van der Waals surface area contributed by atoms with E-state index in [0.29, 0.717) is 20.8 Å². The number of benzene rings is 2. The van der Waals surface area contributed by atoms with E-state index in [-0.39, 0.29) is 30.2 Å². The van der Waals surface area contributed by atoms with Gasteiger partial charge in [-0.05, 0) is 49.1 Å². The Morgan fingerprint density at radius 2 is 1.76 bits per heavy atom. The Morgan fingerprint density at radius 3 is 2.45 bits per heavy atom. The van der Waals surface area contributed by atoms with Crippen LogP contribution in [0.15, 0.2) is 42.5 Å². The molecule has 0 spiro atoms. The molecule has 0 heterocycles. The van der Waals surface area contributed by atoms with Crippen molar-refractivity contribution >= 4 is 58.4 Å². The molecule has 0 bridgehead atoms. The molecule has 1 saturated carbocycles. The van der Waals surface area contributed by atoms with Crippen molar-refractivity contribution in [3.8, 4) is 0 Å². The molecule has 1 aliphatic carbocycles. The van der Waals surface area contributed by atoms with E-state index in [1.807, 2.05) is 30.3 Å². The van der Waals surface area contributed by atoms with E-state index >= 15 is 0 Å². The first-order valence-corrected chi connectivity index (χ1v) is 13.5. The second-order valence-corrected chi connectivity index (χ2v) is 10.6. The number of amides is 2. The molecule has 1 fully saturated rings. The van der Waals surface area contributed by atoms with Crippen molar-refractivity contribution < 1.29 is 9.59 Å². The van der Waals surface area contributed by atoms with Gasteiger partial charge < -0.3 is 10.2 Å². The van der Waals surface area contributed by atoms with Crippen LogP contribution < -0.4 is 5.32 Å². The average Bonchev–Trinajstić information content (AvgIpc) is 2.81. The number of carbonyl (C=O) groups excluding carboxylic acids is 2. The van der Waals surface area contributed by atoms with Crippen LogP contribution in [-0.4, -0.2) is 34.6 Å². The highest BCUT2D eigenvalue weighted by Crippen LogP contribution is 2.25. The Labute approximate surface area is 215 Å². The third kappa shape index (κ3) is 7.81. The molecule has 2 amide bonds. The Bertz CT molecular complexity index is 966. The van der Waals surface area contributed by atoms with Crippen LogP contribution in [0, 0.1) is 0 Å². The third-order valence-electron chi connectivity index (χ3n) is 5.90. The summed E-state index contributed by atoms with van der Waals surface area (Å²) in [5.74, 6) is 0.639. The molecule has 0 radical (unpaired) electrons. The lowest BCUT2D eigenvalue weighted by molar-refractivity contribution is -0.139. The van der Waals surface area contributed by atoms with E-state index in [0.717, 1.165) is 36.8 Å². The van der Waals surface area contributed by atoms with Crippen molar-refractivity contribution in [2.24, 2.45) is 0 Å². The van der Waals surface area contributed by atoms with Gasteiger partial charge in [-0.25, -0.2) is 0 Å². The van der Waals surface area contributed by atoms with E-state index in [1.54, 1.807) is 24.0 Å². The lowest BCUT2D eigenvalue weighted by Crippen LogP contribution is -2.50. The van der Waals surface area contributed by atoms with Crippen molar-refractivity contribution in [2.75, 3.05) is 5.75 Å². The zero-order valence-electron chi connectivity index (χ0n) is 18.7. The standard InChI is InChI=1S/C25H29Cl3N2O2S/c1-17(25(32)29-20-8-3-2-4-9-20)30(14-19-7-5-6-10-21(19)26)24(31)16-33-15-18-11-12-22(27)23(28)13-18/h5-7,10-13,17,20H,2-4,8-9,14-16H2,1H3,(H,29,32)/t17-/m0/s1. The molecule has 1 N–H and O–H groups in total. The van der Waals surface area contributed by atoms with Gasteiger partial charge in [-0.15, -0.1) is 11.8 Å². The first-order chi connectivity index (χ1) is 15.8. The van der Waals surface area contributed by atoms with E-state index in [1.165, 1.54) is 18.2 Å². The summed E-state index contributed by atoms with van der Waals surface area (Å²) in [6.45, 7) is 2.07. The quantitative estimate of drug-likeness (QED) is 0.392. The van der Waals surface area contributed by atoms with Crippen molar-refractivity contribution in [2.45, 2.75) is 63.4 Å². The summed E-state index contributed by atoms with van der Waals surface area (Å²) in [5, 5.41) is 4.73. The molecule has 0 unspecified atom stereocenters. The normalized spacial score (nSPS) is 15.2. The van der Waals surface area contributed by atoms with Crippen LogP contribution in [0.4, 0.5) is 0 Å². The summed E-state index contributed by atoms with van der Waals surface area (Å²) < 4.78 is 0. The maximum atomic E-state index is 13.2. The predicted octanol–water partition coefficient (Wildman–Crippen LogP) is 6.75. The smallest absolute Gasteiger partial charge is 0.242 e. The highest BCUT2D eigenvalue weighted by Gasteiger charge is 2.28. The van der Waals surface area contributed by atoms with Crippen molar-refractivity contribution in [1.82, 2.24) is 10.2 Å². The molecule has 178 valence electrons. The zero-order chi connectivity index (χ0) is 23.8. The number of halogens is 3. The number of nitrogens with one attached hydrogen (secondary N) is 1. The minimum Gasteiger partial charge on any atom is -0.352 e. The van der Waals surface area contributed by atoms with E-state index in [4.69, 9.17) is 34.8 Å². The number of hydrogen-bond donors (Lipinski definition) is 1. The van der Waals surface area contributed by atoms with Gasteiger partial charge in [-0.1, -0.05) is 78.3 Å². The molecule has 0 aliphatic heterocycles. The van der Waals surface area contributed by atoms with Crippen LogP contribution in [0.2, 0.25) is 15.1 Å². The van der Waals surface area contributed by atoms with Gasteiger partial charge in [0.25, 0.3) is 0 Å². The van der Waals surface area contributed by atoms with Gasteiger partial charge >= 0.3 is 0 Å². The molecule has 1 aliphatic rings. The maximum absolute atomic E-state index is 13.2. The first kappa shape index (κ1) is 26.2. The first-order valence-electron chi connectivity index (χ1n) is 11.2. The van der Waals surface area contributed by atoms with Gasteiger partial charge in [-0.2, -0.15) is 0 Å².